The highest BCUT2D eigenvalue weighted by Crippen LogP contribution is 2.34. The summed E-state index contributed by atoms with van der Waals surface area (Å²) >= 11 is 3.38. The summed E-state index contributed by atoms with van der Waals surface area (Å²) in [5.74, 6) is 0. The van der Waals surface area contributed by atoms with E-state index in [0.29, 0.717) is 10.2 Å². The quantitative estimate of drug-likeness (QED) is 0.868. The van der Waals surface area contributed by atoms with Gasteiger partial charge in [-0.2, -0.15) is 0 Å². The highest BCUT2D eigenvalue weighted by Gasteiger charge is 2.39. The van der Waals surface area contributed by atoms with Gasteiger partial charge >= 0.3 is 0 Å². The Hall–Kier alpha value is -0.390. The zero-order valence-corrected chi connectivity index (χ0v) is 11.2. The van der Waals surface area contributed by atoms with E-state index >= 15 is 0 Å². The van der Waals surface area contributed by atoms with Crippen LogP contribution in [0.3, 0.4) is 0 Å². The van der Waals surface area contributed by atoms with Crippen LogP contribution in [-0.2, 0) is 10.0 Å². The minimum atomic E-state index is -3.37. The average Bonchev–Trinajstić information content (AvgIpc) is 2.25. The summed E-state index contributed by atoms with van der Waals surface area (Å²) in [6.07, 6.45) is 2.90. The van der Waals surface area contributed by atoms with E-state index in [9.17, 15) is 8.42 Å². The molecule has 1 aliphatic carbocycles. The van der Waals surface area contributed by atoms with Crippen molar-refractivity contribution in [1.82, 2.24) is 4.72 Å². The Kier molecular flexibility index (Phi) is 3.37. The van der Waals surface area contributed by atoms with Gasteiger partial charge in [-0.3, -0.25) is 0 Å². The molecule has 0 saturated heterocycles. The second kappa shape index (κ2) is 4.47. The molecule has 3 nitrogen and oxygen atoms in total. The van der Waals surface area contributed by atoms with Crippen LogP contribution < -0.4 is 4.72 Å². The molecule has 0 aliphatic heterocycles. The zero-order valence-electron chi connectivity index (χ0n) is 8.82. The summed E-state index contributed by atoms with van der Waals surface area (Å²) in [7, 11) is -3.37. The van der Waals surface area contributed by atoms with Crippen molar-refractivity contribution in [2.45, 2.75) is 29.7 Å². The molecule has 1 aromatic carbocycles. The first-order valence-electron chi connectivity index (χ1n) is 5.23. The van der Waals surface area contributed by atoms with Gasteiger partial charge in [-0.05, 0) is 31.4 Å². The molecule has 1 aliphatic rings. The van der Waals surface area contributed by atoms with Gasteiger partial charge in [-0.15, -0.1) is 0 Å². The molecule has 88 valence electrons. The fourth-order valence-corrected chi connectivity index (χ4v) is 4.18. The first-order chi connectivity index (χ1) is 7.58. The number of nitrogens with one attached hydrogen (secondary N) is 1. The van der Waals surface area contributed by atoms with E-state index in [1.54, 1.807) is 24.3 Å². The van der Waals surface area contributed by atoms with Crippen LogP contribution in [0.1, 0.15) is 19.3 Å². The lowest BCUT2D eigenvalue weighted by Crippen LogP contribution is -2.54. The summed E-state index contributed by atoms with van der Waals surface area (Å²) in [6, 6.07) is 8.50. The Morgan fingerprint density at radius 2 is 1.88 bits per heavy atom. The van der Waals surface area contributed by atoms with Crippen molar-refractivity contribution >= 4 is 26.0 Å². The maximum absolute atomic E-state index is 12.1. The standard InChI is InChI=1S/C11H14BrNO2S/c12-9-11(7-4-8-11)13-16(14,15)10-5-2-1-3-6-10/h1-3,5-6,13H,4,7-9H2. The molecule has 2 rings (SSSR count). The lowest BCUT2D eigenvalue weighted by molar-refractivity contribution is 0.256. The lowest BCUT2D eigenvalue weighted by Gasteiger charge is -2.40. The predicted molar refractivity (Wildman–Crippen MR) is 67.1 cm³/mol. The van der Waals surface area contributed by atoms with E-state index in [-0.39, 0.29) is 5.54 Å². The Morgan fingerprint density at radius 3 is 2.31 bits per heavy atom. The third kappa shape index (κ3) is 2.31. The van der Waals surface area contributed by atoms with Gasteiger partial charge in [0.15, 0.2) is 0 Å². The van der Waals surface area contributed by atoms with Crippen LogP contribution in [0.4, 0.5) is 0 Å². The van der Waals surface area contributed by atoms with E-state index in [1.165, 1.54) is 0 Å². The van der Waals surface area contributed by atoms with Crippen LogP contribution in [0.2, 0.25) is 0 Å². The van der Waals surface area contributed by atoms with Crippen molar-refractivity contribution in [1.29, 1.82) is 0 Å². The molecule has 0 amide bonds. The fraction of sp³-hybridized carbons (Fsp3) is 0.455. The van der Waals surface area contributed by atoms with E-state index in [4.69, 9.17) is 0 Å². The fourth-order valence-electron chi connectivity index (χ4n) is 1.81. The lowest BCUT2D eigenvalue weighted by atomic mass is 9.80. The maximum Gasteiger partial charge on any atom is 0.241 e. The number of halogens is 1. The van der Waals surface area contributed by atoms with Crippen LogP contribution in [0.5, 0.6) is 0 Å². The summed E-state index contributed by atoms with van der Waals surface area (Å²) in [5, 5.41) is 0.673. The monoisotopic (exact) mass is 303 g/mol. The van der Waals surface area contributed by atoms with Gasteiger partial charge in [-0.1, -0.05) is 34.1 Å². The van der Waals surface area contributed by atoms with Crippen molar-refractivity contribution in [3.05, 3.63) is 30.3 Å². The second-order valence-corrected chi connectivity index (χ2v) is 6.43. The van der Waals surface area contributed by atoms with Crippen molar-refractivity contribution in [2.75, 3.05) is 5.33 Å². The van der Waals surface area contributed by atoms with Crippen molar-refractivity contribution in [3.63, 3.8) is 0 Å². The third-order valence-corrected chi connectivity index (χ3v) is 5.64. The number of hydrogen-bond acceptors (Lipinski definition) is 2. The van der Waals surface area contributed by atoms with Crippen LogP contribution >= 0.6 is 15.9 Å². The zero-order chi connectivity index (χ0) is 11.6. The second-order valence-electron chi connectivity index (χ2n) is 4.19. The minimum Gasteiger partial charge on any atom is -0.207 e. The molecule has 1 saturated carbocycles. The highest BCUT2D eigenvalue weighted by molar-refractivity contribution is 9.09. The number of rotatable bonds is 4. The molecule has 0 unspecified atom stereocenters. The minimum absolute atomic E-state index is 0.269. The van der Waals surface area contributed by atoms with Gasteiger partial charge in [0.1, 0.15) is 0 Å². The predicted octanol–water partition coefficient (Wildman–Crippen LogP) is 2.28. The molecule has 0 aromatic heterocycles. The van der Waals surface area contributed by atoms with Gasteiger partial charge in [0.05, 0.1) is 4.90 Å². The third-order valence-electron chi connectivity index (χ3n) is 2.97. The van der Waals surface area contributed by atoms with Crippen LogP contribution in [-0.4, -0.2) is 19.3 Å². The molecule has 0 heterocycles. The molecule has 1 N–H and O–H groups in total. The van der Waals surface area contributed by atoms with Crippen LogP contribution in [0, 0.1) is 0 Å². The number of hydrogen-bond donors (Lipinski definition) is 1. The normalized spacial score (nSPS) is 19.1. The van der Waals surface area contributed by atoms with E-state index < -0.39 is 10.0 Å². The molecule has 1 aromatic rings. The average molecular weight is 304 g/mol. The Labute approximate surface area is 104 Å². The van der Waals surface area contributed by atoms with E-state index in [2.05, 4.69) is 20.7 Å². The van der Waals surface area contributed by atoms with Crippen molar-refractivity contribution < 1.29 is 8.42 Å². The van der Waals surface area contributed by atoms with Gasteiger partial charge in [0, 0.05) is 10.9 Å². The van der Waals surface area contributed by atoms with Gasteiger partial charge in [0.25, 0.3) is 0 Å². The van der Waals surface area contributed by atoms with Gasteiger partial charge in [0.2, 0.25) is 10.0 Å². The summed E-state index contributed by atoms with van der Waals surface area (Å²) < 4.78 is 26.9. The van der Waals surface area contributed by atoms with E-state index in [0.717, 1.165) is 19.3 Å². The molecular formula is C11H14BrNO2S. The molecular weight excluding hydrogens is 290 g/mol. The number of alkyl halides is 1. The maximum atomic E-state index is 12.1. The molecule has 0 bridgehead atoms. The molecule has 0 spiro atoms. The van der Waals surface area contributed by atoms with Crippen LogP contribution in [0.25, 0.3) is 0 Å². The summed E-state index contributed by atoms with van der Waals surface area (Å²) in [5.41, 5.74) is -0.269. The summed E-state index contributed by atoms with van der Waals surface area (Å²) in [6.45, 7) is 0. The molecule has 5 heteroatoms. The van der Waals surface area contributed by atoms with Crippen molar-refractivity contribution in [2.24, 2.45) is 0 Å². The molecule has 16 heavy (non-hydrogen) atoms. The summed E-state index contributed by atoms with van der Waals surface area (Å²) in [4.78, 5) is 0.335. The first-order valence-corrected chi connectivity index (χ1v) is 7.83. The van der Waals surface area contributed by atoms with E-state index in [1.807, 2.05) is 6.07 Å². The Balaban J connectivity index is 2.21. The first kappa shape index (κ1) is 12.1. The smallest absolute Gasteiger partial charge is 0.207 e. The SMILES string of the molecule is O=S(=O)(NC1(CBr)CCC1)c1ccccc1. The molecule has 1 fully saturated rings. The van der Waals surface area contributed by atoms with Crippen molar-refractivity contribution in [3.8, 4) is 0 Å². The molecule has 0 atom stereocenters. The molecule has 0 radical (unpaired) electrons. The number of benzene rings is 1. The Bertz CT molecular complexity index is 449. The van der Waals surface area contributed by atoms with Gasteiger partial charge in [-0.25, -0.2) is 13.1 Å². The topological polar surface area (TPSA) is 46.2 Å². The van der Waals surface area contributed by atoms with Gasteiger partial charge < -0.3 is 0 Å². The van der Waals surface area contributed by atoms with Crippen LogP contribution in [0.15, 0.2) is 35.2 Å². The number of sulfonamides is 1. The Morgan fingerprint density at radius 1 is 1.25 bits per heavy atom. The largest absolute Gasteiger partial charge is 0.241 e. The highest BCUT2D eigenvalue weighted by atomic mass is 79.9.